The second-order valence-electron chi connectivity index (χ2n) is 2.83. The van der Waals surface area contributed by atoms with Gasteiger partial charge in [0.2, 0.25) is 0 Å². The van der Waals surface area contributed by atoms with Gasteiger partial charge >= 0.3 is 5.97 Å². The van der Waals surface area contributed by atoms with Crippen molar-refractivity contribution in [1.82, 2.24) is 9.38 Å². The van der Waals surface area contributed by atoms with Gasteiger partial charge in [-0.05, 0) is 44.0 Å². The predicted octanol–water partition coefficient (Wildman–Crippen LogP) is 2.65. The van der Waals surface area contributed by atoms with Gasteiger partial charge in [0, 0.05) is 6.20 Å². The zero-order valence-corrected chi connectivity index (χ0v) is 10.9. The highest BCUT2D eigenvalue weighted by Gasteiger charge is 2.10. The molecule has 0 spiro atoms. The quantitative estimate of drug-likeness (QED) is 0.753. The van der Waals surface area contributed by atoms with Crippen molar-refractivity contribution in [3.63, 3.8) is 0 Å². The van der Waals surface area contributed by atoms with Crippen LogP contribution in [-0.4, -0.2) is 22.5 Å². The van der Waals surface area contributed by atoms with Crippen molar-refractivity contribution in [1.29, 1.82) is 0 Å². The first kappa shape index (κ1) is 10.6. The summed E-state index contributed by atoms with van der Waals surface area (Å²) in [7, 11) is 1.35. The number of aromatic nitrogens is 2. The molecule has 0 saturated heterocycles. The van der Waals surface area contributed by atoms with E-state index < -0.39 is 0 Å². The number of halogens is 2. The molecular formula is C9H6Br2N2O2. The Morgan fingerprint density at radius 2 is 2.20 bits per heavy atom. The third-order valence-corrected chi connectivity index (χ3v) is 3.79. The molecule has 0 unspecified atom stereocenters. The van der Waals surface area contributed by atoms with E-state index in [0.29, 0.717) is 10.2 Å². The van der Waals surface area contributed by atoms with Gasteiger partial charge in [-0.2, -0.15) is 0 Å². The van der Waals surface area contributed by atoms with Crippen LogP contribution in [0.2, 0.25) is 0 Å². The molecular weight excluding hydrogens is 328 g/mol. The van der Waals surface area contributed by atoms with Crippen LogP contribution in [0.4, 0.5) is 0 Å². The zero-order valence-electron chi connectivity index (χ0n) is 7.70. The molecule has 4 nitrogen and oxygen atoms in total. The topological polar surface area (TPSA) is 43.6 Å². The minimum atomic E-state index is -0.367. The zero-order chi connectivity index (χ0) is 11.0. The van der Waals surface area contributed by atoms with Crippen LogP contribution in [0, 0.1) is 0 Å². The lowest BCUT2D eigenvalue weighted by Gasteiger charge is -2.00. The Labute approximate surface area is 103 Å². The number of esters is 1. The Balaban J connectivity index is 2.64. The van der Waals surface area contributed by atoms with Crippen LogP contribution in [-0.2, 0) is 4.74 Å². The molecule has 2 rings (SSSR count). The number of pyridine rings is 1. The fraction of sp³-hybridized carbons (Fsp3) is 0.111. The molecule has 0 amide bonds. The number of nitrogens with zero attached hydrogens (tertiary/aromatic N) is 2. The van der Waals surface area contributed by atoms with E-state index in [0.717, 1.165) is 10.3 Å². The fourth-order valence-electron chi connectivity index (χ4n) is 1.23. The van der Waals surface area contributed by atoms with Crippen molar-refractivity contribution in [2.75, 3.05) is 7.11 Å². The third-order valence-electron chi connectivity index (χ3n) is 1.94. The molecule has 0 N–H and O–H groups in total. The van der Waals surface area contributed by atoms with Crippen LogP contribution in [0.1, 0.15) is 10.4 Å². The van der Waals surface area contributed by atoms with E-state index >= 15 is 0 Å². The van der Waals surface area contributed by atoms with Gasteiger partial charge in [0.25, 0.3) is 0 Å². The van der Waals surface area contributed by atoms with Gasteiger partial charge in [-0.25, -0.2) is 9.78 Å². The molecule has 0 aliphatic rings. The minimum Gasteiger partial charge on any atom is -0.465 e. The Bertz CT molecular complexity index is 536. The molecule has 0 fully saturated rings. The molecule has 0 aliphatic heterocycles. The summed E-state index contributed by atoms with van der Waals surface area (Å²) in [6, 6.07) is 3.43. The summed E-state index contributed by atoms with van der Waals surface area (Å²) in [6.07, 6.45) is 1.67. The molecule has 2 aromatic rings. The molecule has 6 heteroatoms. The standard InChI is InChI=1S/C9H6Br2N2O2/c1-15-9(14)5-2-3-6-12-7(10)8(11)13(6)4-5/h2-4H,1H3. The summed E-state index contributed by atoms with van der Waals surface area (Å²) in [5, 5.41) is 0. The first-order chi connectivity index (χ1) is 7.13. The lowest BCUT2D eigenvalue weighted by Crippen LogP contribution is -2.02. The summed E-state index contributed by atoms with van der Waals surface area (Å²) in [4.78, 5) is 15.5. The van der Waals surface area contributed by atoms with E-state index in [2.05, 4.69) is 41.6 Å². The van der Waals surface area contributed by atoms with Crippen LogP contribution in [0.3, 0.4) is 0 Å². The van der Waals surface area contributed by atoms with Crippen LogP contribution in [0.25, 0.3) is 5.65 Å². The molecule has 15 heavy (non-hydrogen) atoms. The lowest BCUT2D eigenvalue weighted by molar-refractivity contribution is 0.0600. The van der Waals surface area contributed by atoms with E-state index in [-0.39, 0.29) is 5.97 Å². The normalized spacial score (nSPS) is 10.6. The van der Waals surface area contributed by atoms with E-state index in [1.807, 2.05) is 0 Å². The number of hydrogen-bond donors (Lipinski definition) is 0. The van der Waals surface area contributed by atoms with E-state index in [1.54, 1.807) is 22.7 Å². The summed E-state index contributed by atoms with van der Waals surface area (Å²) in [6.45, 7) is 0. The first-order valence-corrected chi connectivity index (χ1v) is 5.63. The molecule has 78 valence electrons. The number of imidazole rings is 1. The molecule has 2 heterocycles. The van der Waals surface area contributed by atoms with Gasteiger partial charge in [-0.15, -0.1) is 0 Å². The van der Waals surface area contributed by atoms with Crippen LogP contribution >= 0.6 is 31.9 Å². The van der Waals surface area contributed by atoms with Crippen molar-refractivity contribution >= 4 is 43.5 Å². The Morgan fingerprint density at radius 1 is 1.47 bits per heavy atom. The molecule has 0 aromatic carbocycles. The van der Waals surface area contributed by atoms with Crippen LogP contribution in [0.15, 0.2) is 27.5 Å². The number of rotatable bonds is 1. The molecule has 0 radical (unpaired) electrons. The summed E-state index contributed by atoms with van der Waals surface area (Å²) in [5.41, 5.74) is 1.23. The maximum Gasteiger partial charge on any atom is 0.339 e. The van der Waals surface area contributed by atoms with Gasteiger partial charge in [0.05, 0.1) is 12.7 Å². The average molecular weight is 334 g/mol. The lowest BCUT2D eigenvalue weighted by atomic mass is 10.3. The van der Waals surface area contributed by atoms with Crippen molar-refractivity contribution < 1.29 is 9.53 Å². The highest BCUT2D eigenvalue weighted by Crippen LogP contribution is 2.24. The molecule has 0 bridgehead atoms. The van der Waals surface area contributed by atoms with E-state index in [9.17, 15) is 4.79 Å². The maximum atomic E-state index is 11.3. The minimum absolute atomic E-state index is 0.367. The molecule has 0 atom stereocenters. The van der Waals surface area contributed by atoms with Gasteiger partial charge in [0.1, 0.15) is 14.9 Å². The Morgan fingerprint density at radius 3 is 2.87 bits per heavy atom. The third kappa shape index (κ3) is 1.79. The number of fused-ring (bicyclic) bond motifs is 1. The van der Waals surface area contributed by atoms with Gasteiger partial charge in [-0.3, -0.25) is 4.40 Å². The largest absolute Gasteiger partial charge is 0.465 e. The maximum absolute atomic E-state index is 11.3. The SMILES string of the molecule is COC(=O)c1ccc2nc(Br)c(Br)n2c1. The van der Waals surface area contributed by atoms with Crippen molar-refractivity contribution in [3.05, 3.63) is 33.1 Å². The van der Waals surface area contributed by atoms with Crippen molar-refractivity contribution in [3.8, 4) is 0 Å². The Hall–Kier alpha value is -0.880. The summed E-state index contributed by atoms with van der Waals surface area (Å²) < 4.78 is 7.86. The smallest absolute Gasteiger partial charge is 0.339 e. The van der Waals surface area contributed by atoms with Crippen LogP contribution < -0.4 is 0 Å². The molecule has 0 saturated carbocycles. The number of carbonyl (C=O) groups excluding carboxylic acids is 1. The number of carbonyl (C=O) groups is 1. The molecule has 2 aromatic heterocycles. The predicted molar refractivity (Wildman–Crippen MR) is 61.9 cm³/mol. The second-order valence-corrected chi connectivity index (χ2v) is 4.33. The van der Waals surface area contributed by atoms with E-state index in [4.69, 9.17) is 0 Å². The van der Waals surface area contributed by atoms with Crippen molar-refractivity contribution in [2.45, 2.75) is 0 Å². The van der Waals surface area contributed by atoms with Crippen LogP contribution in [0.5, 0.6) is 0 Å². The van der Waals surface area contributed by atoms with Gasteiger partial charge in [0.15, 0.2) is 0 Å². The highest BCUT2D eigenvalue weighted by atomic mass is 79.9. The second kappa shape index (κ2) is 3.94. The summed E-state index contributed by atoms with van der Waals surface area (Å²) >= 11 is 6.65. The number of ether oxygens (including phenoxy) is 1. The number of methoxy groups -OCH3 is 1. The van der Waals surface area contributed by atoms with Gasteiger partial charge in [-0.1, -0.05) is 0 Å². The van der Waals surface area contributed by atoms with Crippen molar-refractivity contribution in [2.24, 2.45) is 0 Å². The van der Waals surface area contributed by atoms with Gasteiger partial charge < -0.3 is 4.74 Å². The monoisotopic (exact) mass is 332 g/mol. The summed E-state index contributed by atoms with van der Waals surface area (Å²) in [5.74, 6) is -0.367. The average Bonchev–Trinajstić information content (AvgIpc) is 2.54. The molecule has 0 aliphatic carbocycles. The highest BCUT2D eigenvalue weighted by molar-refractivity contribution is 9.13. The Kier molecular flexibility index (Phi) is 2.79. The fourth-order valence-corrected chi connectivity index (χ4v) is 1.97. The number of hydrogen-bond acceptors (Lipinski definition) is 3. The van der Waals surface area contributed by atoms with E-state index in [1.165, 1.54) is 7.11 Å². The first-order valence-electron chi connectivity index (χ1n) is 4.05.